The van der Waals surface area contributed by atoms with Crippen molar-refractivity contribution in [2.75, 3.05) is 11.9 Å². The molecule has 0 amide bonds. The van der Waals surface area contributed by atoms with Gasteiger partial charge in [-0.3, -0.25) is 0 Å². The van der Waals surface area contributed by atoms with Gasteiger partial charge in [0.25, 0.3) is 0 Å². The number of aromatic carboxylic acids is 1. The van der Waals surface area contributed by atoms with Crippen LogP contribution in [0.25, 0.3) is 0 Å². The fourth-order valence-electron chi connectivity index (χ4n) is 2.02. The minimum atomic E-state index is -0.910. The summed E-state index contributed by atoms with van der Waals surface area (Å²) in [5.41, 5.74) is 1.02. The van der Waals surface area contributed by atoms with Gasteiger partial charge in [0, 0.05) is 18.8 Å². The third-order valence-corrected chi connectivity index (χ3v) is 3.02. The minimum absolute atomic E-state index is 0.293. The second-order valence-electron chi connectivity index (χ2n) is 5.25. The van der Waals surface area contributed by atoms with Crippen molar-refractivity contribution in [3.63, 3.8) is 0 Å². The van der Waals surface area contributed by atoms with Crippen LogP contribution in [0, 0.1) is 12.8 Å². The summed E-state index contributed by atoms with van der Waals surface area (Å²) >= 11 is 0. The Hall–Kier alpha value is -1.58. The molecular formula is C14H22N2O2. The maximum atomic E-state index is 11.0. The lowest BCUT2D eigenvalue weighted by Crippen LogP contribution is -2.31. The number of carboxylic acids is 1. The van der Waals surface area contributed by atoms with Crippen LogP contribution in [0.5, 0.6) is 0 Å². The number of anilines is 1. The Morgan fingerprint density at radius 1 is 1.39 bits per heavy atom. The Morgan fingerprint density at radius 2 is 2.00 bits per heavy atom. The average Bonchev–Trinajstić information content (AvgIpc) is 2.26. The molecule has 0 fully saturated rings. The van der Waals surface area contributed by atoms with Crippen LogP contribution in [0.4, 0.5) is 5.82 Å². The first-order valence-corrected chi connectivity index (χ1v) is 6.26. The van der Waals surface area contributed by atoms with Gasteiger partial charge < -0.3 is 10.0 Å². The highest BCUT2D eigenvalue weighted by Gasteiger charge is 2.15. The molecule has 1 rings (SSSR count). The lowest BCUT2D eigenvalue weighted by Gasteiger charge is -2.27. The number of aromatic nitrogens is 1. The summed E-state index contributed by atoms with van der Waals surface area (Å²) in [6.07, 6.45) is 1.05. The lowest BCUT2D eigenvalue weighted by atomic mass is 10.0. The van der Waals surface area contributed by atoms with E-state index < -0.39 is 5.97 Å². The van der Waals surface area contributed by atoms with Crippen molar-refractivity contribution in [1.29, 1.82) is 0 Å². The molecule has 0 aliphatic rings. The van der Waals surface area contributed by atoms with Crippen molar-refractivity contribution >= 4 is 11.8 Å². The first kappa shape index (κ1) is 14.5. The number of hydrogen-bond acceptors (Lipinski definition) is 3. The van der Waals surface area contributed by atoms with Crippen LogP contribution in [0.15, 0.2) is 12.1 Å². The highest BCUT2D eigenvalue weighted by molar-refractivity contribution is 5.88. The third kappa shape index (κ3) is 3.72. The number of rotatable bonds is 5. The third-order valence-electron chi connectivity index (χ3n) is 3.02. The van der Waals surface area contributed by atoms with E-state index in [9.17, 15) is 4.79 Å². The zero-order valence-electron chi connectivity index (χ0n) is 11.8. The summed E-state index contributed by atoms with van der Waals surface area (Å²) in [5, 5.41) is 9.05. The Labute approximate surface area is 109 Å². The van der Waals surface area contributed by atoms with Crippen molar-refractivity contribution < 1.29 is 9.90 Å². The number of nitrogens with zero attached hydrogens (tertiary/aromatic N) is 2. The molecular weight excluding hydrogens is 228 g/mol. The quantitative estimate of drug-likeness (QED) is 0.873. The molecule has 1 N–H and O–H groups in total. The molecule has 0 saturated carbocycles. The number of carbonyl (C=O) groups is 1. The molecule has 18 heavy (non-hydrogen) atoms. The highest BCUT2D eigenvalue weighted by Crippen LogP contribution is 2.19. The second-order valence-corrected chi connectivity index (χ2v) is 5.25. The molecule has 1 unspecified atom stereocenters. The van der Waals surface area contributed by atoms with E-state index in [4.69, 9.17) is 5.11 Å². The molecule has 1 aromatic heterocycles. The van der Waals surface area contributed by atoms with Crippen molar-refractivity contribution in [3.8, 4) is 0 Å². The monoisotopic (exact) mass is 250 g/mol. The summed E-state index contributed by atoms with van der Waals surface area (Å²) in [4.78, 5) is 17.5. The molecule has 4 heteroatoms. The zero-order valence-corrected chi connectivity index (χ0v) is 11.8. The fraction of sp³-hybridized carbons (Fsp3) is 0.571. The molecule has 100 valence electrons. The summed E-state index contributed by atoms with van der Waals surface area (Å²) in [6, 6.07) is 3.56. The summed E-state index contributed by atoms with van der Waals surface area (Å²) < 4.78 is 0. The van der Waals surface area contributed by atoms with Crippen LogP contribution in [0.3, 0.4) is 0 Å². The Kier molecular flexibility index (Phi) is 4.70. The van der Waals surface area contributed by atoms with Crippen LogP contribution in [0.1, 0.15) is 43.2 Å². The van der Waals surface area contributed by atoms with Crippen LogP contribution in [0.2, 0.25) is 0 Å². The van der Waals surface area contributed by atoms with Gasteiger partial charge in [0.15, 0.2) is 0 Å². The van der Waals surface area contributed by atoms with Gasteiger partial charge in [-0.05, 0) is 38.3 Å². The standard InChI is InChI=1S/C14H22N2O2/c1-9(2)6-11(4)16(5)13-8-12(14(17)18)7-10(3)15-13/h7-9,11H,6H2,1-5H3,(H,17,18). The number of carboxylic acid groups (broad SMARTS) is 1. The molecule has 0 aromatic carbocycles. The molecule has 0 radical (unpaired) electrons. The van der Waals surface area contributed by atoms with Gasteiger partial charge in [-0.1, -0.05) is 13.8 Å². The van der Waals surface area contributed by atoms with Gasteiger partial charge in [0.2, 0.25) is 0 Å². The molecule has 0 aliphatic heterocycles. The molecule has 1 heterocycles. The Bertz CT molecular complexity index is 430. The van der Waals surface area contributed by atoms with Gasteiger partial charge in [-0.15, -0.1) is 0 Å². The predicted octanol–water partition coefficient (Wildman–Crippen LogP) is 2.96. The summed E-state index contributed by atoms with van der Waals surface area (Å²) in [6.45, 7) is 8.30. The van der Waals surface area contributed by atoms with E-state index in [2.05, 4.69) is 25.8 Å². The average molecular weight is 250 g/mol. The highest BCUT2D eigenvalue weighted by atomic mass is 16.4. The molecule has 0 bridgehead atoms. The van der Waals surface area contributed by atoms with Gasteiger partial charge in [-0.2, -0.15) is 0 Å². The SMILES string of the molecule is Cc1cc(C(=O)O)cc(N(C)C(C)CC(C)C)n1. The largest absolute Gasteiger partial charge is 0.478 e. The maximum absolute atomic E-state index is 11.0. The Morgan fingerprint density at radius 3 is 2.50 bits per heavy atom. The van der Waals surface area contributed by atoms with Crippen molar-refractivity contribution in [2.24, 2.45) is 5.92 Å². The van der Waals surface area contributed by atoms with Crippen LogP contribution < -0.4 is 4.90 Å². The van der Waals surface area contributed by atoms with Gasteiger partial charge in [-0.25, -0.2) is 9.78 Å². The molecule has 0 saturated heterocycles. The normalized spacial score (nSPS) is 12.6. The topological polar surface area (TPSA) is 53.4 Å². The maximum Gasteiger partial charge on any atom is 0.335 e. The molecule has 1 aromatic rings. The van der Waals surface area contributed by atoms with Gasteiger partial charge >= 0.3 is 5.97 Å². The summed E-state index contributed by atoms with van der Waals surface area (Å²) in [5.74, 6) is 0.415. The lowest BCUT2D eigenvalue weighted by molar-refractivity contribution is 0.0696. The first-order valence-electron chi connectivity index (χ1n) is 6.26. The van der Waals surface area contributed by atoms with E-state index in [-0.39, 0.29) is 0 Å². The van der Waals surface area contributed by atoms with Gasteiger partial charge in [0.1, 0.15) is 5.82 Å². The van der Waals surface area contributed by atoms with E-state index in [1.54, 1.807) is 12.1 Å². The number of hydrogen-bond donors (Lipinski definition) is 1. The van der Waals surface area contributed by atoms with Crippen LogP contribution in [-0.4, -0.2) is 29.1 Å². The van der Waals surface area contributed by atoms with Crippen LogP contribution in [-0.2, 0) is 0 Å². The van der Waals surface area contributed by atoms with Crippen molar-refractivity contribution in [2.45, 2.75) is 40.2 Å². The molecule has 0 aliphatic carbocycles. The molecule has 0 spiro atoms. The number of pyridine rings is 1. The fourth-order valence-corrected chi connectivity index (χ4v) is 2.02. The predicted molar refractivity (Wildman–Crippen MR) is 73.3 cm³/mol. The minimum Gasteiger partial charge on any atom is -0.478 e. The second kappa shape index (κ2) is 5.85. The number of aryl methyl sites for hydroxylation is 1. The van der Waals surface area contributed by atoms with Crippen molar-refractivity contribution in [3.05, 3.63) is 23.4 Å². The van der Waals surface area contributed by atoms with E-state index in [1.165, 1.54) is 0 Å². The van der Waals surface area contributed by atoms with E-state index >= 15 is 0 Å². The van der Waals surface area contributed by atoms with Crippen LogP contribution >= 0.6 is 0 Å². The van der Waals surface area contributed by atoms with Crippen molar-refractivity contribution in [1.82, 2.24) is 4.98 Å². The summed E-state index contributed by atoms with van der Waals surface area (Å²) in [7, 11) is 1.96. The van der Waals surface area contributed by atoms with E-state index in [0.717, 1.165) is 17.9 Å². The van der Waals surface area contributed by atoms with Gasteiger partial charge in [0.05, 0.1) is 5.56 Å². The smallest absolute Gasteiger partial charge is 0.335 e. The zero-order chi connectivity index (χ0) is 13.9. The first-order chi connectivity index (χ1) is 8.31. The Balaban J connectivity index is 2.98. The molecule has 1 atom stereocenters. The van der Waals surface area contributed by atoms with E-state index in [0.29, 0.717) is 17.5 Å². The van der Waals surface area contributed by atoms with E-state index in [1.807, 2.05) is 18.9 Å². The molecule has 4 nitrogen and oxygen atoms in total.